The summed E-state index contributed by atoms with van der Waals surface area (Å²) >= 11 is 4.29. The van der Waals surface area contributed by atoms with Crippen LogP contribution in [0.5, 0.6) is 0 Å². The monoisotopic (exact) mass is 425 g/mol. The number of halogens is 1. The van der Waals surface area contributed by atoms with Crippen LogP contribution in [0.1, 0.15) is 10.6 Å². The fourth-order valence-electron chi connectivity index (χ4n) is 2.35. The summed E-state index contributed by atoms with van der Waals surface area (Å²) in [5.41, 5.74) is 0.899. The van der Waals surface area contributed by atoms with Gasteiger partial charge in [0.1, 0.15) is 5.01 Å². The Morgan fingerprint density at radius 3 is 2.38 bits per heavy atom. The first-order chi connectivity index (χ1) is 11.3. The average Bonchev–Trinajstić information content (AvgIpc) is 2.95. The van der Waals surface area contributed by atoms with Gasteiger partial charge in [0.15, 0.2) is 5.78 Å². The maximum atomic E-state index is 12.7. The van der Waals surface area contributed by atoms with Crippen molar-refractivity contribution in [3.05, 3.63) is 65.2 Å². The lowest BCUT2D eigenvalue weighted by Crippen LogP contribution is -2.38. The van der Waals surface area contributed by atoms with Crippen molar-refractivity contribution < 1.29 is 17.8 Å². The van der Waals surface area contributed by atoms with E-state index in [0.29, 0.717) is 5.01 Å². The smallest absolute Gasteiger partial charge is 0.292 e. The largest absolute Gasteiger partial charge is 0.296 e. The van der Waals surface area contributed by atoms with Gasteiger partial charge in [0, 0.05) is 0 Å². The van der Waals surface area contributed by atoms with Crippen molar-refractivity contribution in [1.82, 2.24) is 4.98 Å². The quantitative estimate of drug-likeness (QED) is 0.498. The van der Waals surface area contributed by atoms with Crippen LogP contribution in [-0.4, -0.2) is 23.7 Å². The first-order valence-corrected chi connectivity index (χ1v) is 9.96. The van der Waals surface area contributed by atoms with Gasteiger partial charge in [0.25, 0.3) is 10.1 Å². The molecule has 1 heterocycles. The Morgan fingerprint density at radius 1 is 1.12 bits per heavy atom. The molecule has 0 aliphatic rings. The fourth-order valence-corrected chi connectivity index (χ4v) is 4.52. The molecular formula is C16H12BrNO4S2. The van der Waals surface area contributed by atoms with Gasteiger partial charge in [-0.1, -0.05) is 58.4 Å². The van der Waals surface area contributed by atoms with Crippen molar-refractivity contribution in [3.8, 4) is 0 Å². The molecule has 5 nitrogen and oxygen atoms in total. The SMILES string of the molecule is O=C(Cc1nc2ccccc2s1)C(Br)(c1ccccc1)S(=O)(=O)O. The zero-order chi connectivity index (χ0) is 17.4. The molecule has 0 aliphatic carbocycles. The first-order valence-electron chi connectivity index (χ1n) is 6.91. The molecule has 0 amide bonds. The number of fused-ring (bicyclic) bond motifs is 1. The van der Waals surface area contributed by atoms with Gasteiger partial charge in [0.05, 0.1) is 16.6 Å². The Hall–Kier alpha value is -1.61. The van der Waals surface area contributed by atoms with Crippen molar-refractivity contribution in [1.29, 1.82) is 0 Å². The second kappa shape index (κ2) is 6.36. The summed E-state index contributed by atoms with van der Waals surface area (Å²) < 4.78 is 32.2. The van der Waals surface area contributed by atoms with Gasteiger partial charge in [-0.05, 0) is 17.7 Å². The minimum Gasteiger partial charge on any atom is -0.296 e. The number of hydrogen-bond acceptors (Lipinski definition) is 5. The highest BCUT2D eigenvalue weighted by Gasteiger charge is 2.49. The molecule has 3 rings (SSSR count). The van der Waals surface area contributed by atoms with Gasteiger partial charge in [-0.3, -0.25) is 9.35 Å². The molecule has 0 saturated heterocycles. The Labute approximate surface area is 151 Å². The molecule has 1 aromatic heterocycles. The Balaban J connectivity index is 2.01. The summed E-state index contributed by atoms with van der Waals surface area (Å²) in [7, 11) is -4.72. The second-order valence-corrected chi connectivity index (χ2v) is 9.50. The Bertz CT molecular complexity index is 968. The van der Waals surface area contributed by atoms with Gasteiger partial charge >= 0.3 is 0 Å². The van der Waals surface area contributed by atoms with Crippen LogP contribution in [0.15, 0.2) is 54.6 Å². The third kappa shape index (κ3) is 3.02. The molecule has 124 valence electrons. The van der Waals surface area contributed by atoms with Crippen molar-refractivity contribution in [2.24, 2.45) is 0 Å². The van der Waals surface area contributed by atoms with E-state index in [2.05, 4.69) is 20.9 Å². The summed E-state index contributed by atoms with van der Waals surface area (Å²) in [6.45, 7) is 0. The number of hydrogen-bond donors (Lipinski definition) is 1. The first kappa shape index (κ1) is 17.2. The lowest BCUT2D eigenvalue weighted by atomic mass is 10.1. The van der Waals surface area contributed by atoms with E-state index in [1.807, 2.05) is 24.3 Å². The zero-order valence-corrected chi connectivity index (χ0v) is 15.4. The number of carbonyl (C=O) groups is 1. The third-order valence-corrected chi connectivity index (χ3v) is 7.85. The van der Waals surface area contributed by atoms with Gasteiger partial charge in [-0.15, -0.1) is 11.3 Å². The van der Waals surface area contributed by atoms with E-state index in [-0.39, 0.29) is 12.0 Å². The summed E-state index contributed by atoms with van der Waals surface area (Å²) in [4.78, 5) is 17.1. The molecule has 0 fully saturated rings. The van der Waals surface area contributed by atoms with E-state index in [0.717, 1.165) is 10.2 Å². The lowest BCUT2D eigenvalue weighted by molar-refractivity contribution is -0.118. The molecule has 8 heteroatoms. The van der Waals surface area contributed by atoms with E-state index in [1.165, 1.54) is 23.5 Å². The summed E-state index contributed by atoms with van der Waals surface area (Å²) in [5, 5.41) is 0.490. The third-order valence-electron chi connectivity index (χ3n) is 3.51. The van der Waals surface area contributed by atoms with E-state index in [4.69, 9.17) is 0 Å². The molecule has 24 heavy (non-hydrogen) atoms. The topological polar surface area (TPSA) is 84.3 Å². The van der Waals surface area contributed by atoms with Crippen LogP contribution in [0, 0.1) is 0 Å². The molecule has 0 spiro atoms. The number of alkyl halides is 1. The molecule has 2 aromatic carbocycles. The standard InChI is InChI=1S/C16H12BrNO4S2/c17-16(24(20,21)22,11-6-2-1-3-7-11)14(19)10-15-18-12-8-4-5-9-13(12)23-15/h1-9H,10H2,(H,20,21,22). The highest BCUT2D eigenvalue weighted by atomic mass is 79.9. The average molecular weight is 426 g/mol. The van der Waals surface area contributed by atoms with Crippen LogP contribution < -0.4 is 0 Å². The number of para-hydroxylation sites is 1. The van der Waals surface area contributed by atoms with Gasteiger partial charge in [0.2, 0.25) is 3.66 Å². The van der Waals surface area contributed by atoms with Crippen molar-refractivity contribution in [3.63, 3.8) is 0 Å². The number of carbonyl (C=O) groups excluding carboxylic acids is 1. The van der Waals surface area contributed by atoms with E-state index < -0.39 is 19.6 Å². The summed E-state index contributed by atoms with van der Waals surface area (Å²) in [6.07, 6.45) is -0.209. The molecular weight excluding hydrogens is 414 g/mol. The molecule has 1 atom stereocenters. The number of Topliss-reactive ketones (excluding diaryl/α,β-unsaturated/α-hetero) is 1. The van der Waals surface area contributed by atoms with Gasteiger partial charge in [-0.2, -0.15) is 8.42 Å². The van der Waals surface area contributed by atoms with Crippen LogP contribution in [0.4, 0.5) is 0 Å². The van der Waals surface area contributed by atoms with Crippen LogP contribution >= 0.6 is 27.3 Å². The molecule has 0 radical (unpaired) electrons. The van der Waals surface area contributed by atoms with Crippen LogP contribution in [0.3, 0.4) is 0 Å². The molecule has 0 bridgehead atoms. The highest BCUT2D eigenvalue weighted by molar-refractivity contribution is 9.11. The van der Waals surface area contributed by atoms with Gasteiger partial charge in [-0.25, -0.2) is 4.98 Å². The predicted molar refractivity (Wildman–Crippen MR) is 96.9 cm³/mol. The van der Waals surface area contributed by atoms with Crippen molar-refractivity contribution in [2.75, 3.05) is 0 Å². The predicted octanol–water partition coefficient (Wildman–Crippen LogP) is 3.54. The molecule has 0 aliphatic heterocycles. The number of aromatic nitrogens is 1. The van der Waals surface area contributed by atoms with Crippen LogP contribution in [-0.2, 0) is 25.0 Å². The molecule has 1 N–H and O–H groups in total. The van der Waals surface area contributed by atoms with Crippen molar-refractivity contribution >= 4 is 53.4 Å². The molecule has 1 unspecified atom stereocenters. The summed E-state index contributed by atoms with van der Waals surface area (Å²) in [6, 6.07) is 15.2. The number of benzene rings is 2. The summed E-state index contributed by atoms with van der Waals surface area (Å²) in [5.74, 6) is -0.699. The maximum Gasteiger partial charge on any atom is 0.292 e. The Kier molecular flexibility index (Phi) is 4.56. The number of ketones is 1. The van der Waals surface area contributed by atoms with Crippen molar-refractivity contribution in [2.45, 2.75) is 10.1 Å². The Morgan fingerprint density at radius 2 is 1.75 bits per heavy atom. The second-order valence-electron chi connectivity index (χ2n) is 5.11. The number of thiazole rings is 1. The van der Waals surface area contributed by atoms with E-state index in [1.54, 1.807) is 18.2 Å². The maximum absolute atomic E-state index is 12.7. The zero-order valence-electron chi connectivity index (χ0n) is 12.2. The van der Waals surface area contributed by atoms with E-state index in [9.17, 15) is 17.8 Å². The molecule has 3 aromatic rings. The van der Waals surface area contributed by atoms with Crippen LogP contribution in [0.25, 0.3) is 10.2 Å². The van der Waals surface area contributed by atoms with Crippen LogP contribution in [0.2, 0.25) is 0 Å². The highest BCUT2D eigenvalue weighted by Crippen LogP contribution is 2.39. The molecule has 0 saturated carbocycles. The van der Waals surface area contributed by atoms with E-state index >= 15 is 0 Å². The fraction of sp³-hybridized carbons (Fsp3) is 0.125. The lowest BCUT2D eigenvalue weighted by Gasteiger charge is -2.22. The number of nitrogens with zero attached hydrogens (tertiary/aromatic N) is 1. The number of rotatable bonds is 5. The normalized spacial score (nSPS) is 14.4. The minimum atomic E-state index is -4.72. The minimum absolute atomic E-state index is 0.151. The van der Waals surface area contributed by atoms with Gasteiger partial charge < -0.3 is 0 Å².